The van der Waals surface area contributed by atoms with Gasteiger partial charge in [0, 0.05) is 11.7 Å². The van der Waals surface area contributed by atoms with Crippen molar-refractivity contribution in [2.45, 2.75) is 26.3 Å². The lowest BCUT2D eigenvalue weighted by Crippen LogP contribution is -2.21. The van der Waals surface area contributed by atoms with Crippen LogP contribution in [0.1, 0.15) is 36.7 Å². The van der Waals surface area contributed by atoms with Gasteiger partial charge in [0.05, 0.1) is 12.3 Å². The summed E-state index contributed by atoms with van der Waals surface area (Å²) in [4.78, 5) is 23.7. The van der Waals surface area contributed by atoms with Gasteiger partial charge in [-0.25, -0.2) is 4.98 Å². The molecule has 0 fully saturated rings. The molecule has 1 unspecified atom stereocenters. The average Bonchev–Trinajstić information content (AvgIpc) is 2.98. The van der Waals surface area contributed by atoms with Crippen molar-refractivity contribution in [1.29, 1.82) is 0 Å². The molecule has 0 aliphatic heterocycles. The first-order valence-electron chi connectivity index (χ1n) is 7.48. The molecule has 0 saturated carbocycles. The van der Waals surface area contributed by atoms with E-state index < -0.39 is 5.97 Å². The van der Waals surface area contributed by atoms with Gasteiger partial charge in [0.1, 0.15) is 0 Å². The number of carboxylic acids is 1. The molecule has 0 aliphatic rings. The standard InChI is InChI=1S/C16H16ClN5O2/c1-3-9(2)22-8-18-12-13(20-16(17)21-14(12)22)19-11-6-4-10(5-7-11)15(23)24/h4-9H,3H2,1-2H3,(H,23,24)(H,19,20,21)/p-1. The van der Waals surface area contributed by atoms with Crippen molar-refractivity contribution in [2.75, 3.05) is 5.32 Å². The van der Waals surface area contributed by atoms with Crippen molar-refractivity contribution in [1.82, 2.24) is 19.5 Å². The third-order valence-electron chi connectivity index (χ3n) is 3.84. The summed E-state index contributed by atoms with van der Waals surface area (Å²) in [6, 6.07) is 6.39. The van der Waals surface area contributed by atoms with E-state index in [2.05, 4.69) is 34.1 Å². The number of carbonyl (C=O) groups excluding carboxylic acids is 1. The number of aromatic nitrogens is 4. The van der Waals surface area contributed by atoms with Crippen molar-refractivity contribution in [3.05, 3.63) is 41.4 Å². The fourth-order valence-corrected chi connectivity index (χ4v) is 2.49. The van der Waals surface area contributed by atoms with Crippen LogP contribution in [0.3, 0.4) is 0 Å². The molecule has 1 N–H and O–H groups in total. The monoisotopic (exact) mass is 344 g/mol. The molecule has 124 valence electrons. The lowest BCUT2D eigenvalue weighted by Gasteiger charge is -2.12. The summed E-state index contributed by atoms with van der Waals surface area (Å²) in [5.74, 6) is -0.755. The summed E-state index contributed by atoms with van der Waals surface area (Å²) in [6.07, 6.45) is 2.65. The molecular formula is C16H15ClN5O2-. The number of aromatic carboxylic acids is 1. The Labute approximate surface area is 143 Å². The number of benzene rings is 1. The second-order valence-corrected chi connectivity index (χ2v) is 5.75. The predicted molar refractivity (Wildman–Crippen MR) is 89.4 cm³/mol. The third kappa shape index (κ3) is 3.03. The van der Waals surface area contributed by atoms with Crippen LogP contribution in [0.5, 0.6) is 0 Å². The molecule has 2 heterocycles. The summed E-state index contributed by atoms with van der Waals surface area (Å²) < 4.78 is 1.95. The van der Waals surface area contributed by atoms with Crippen LogP contribution in [0.4, 0.5) is 11.5 Å². The van der Waals surface area contributed by atoms with E-state index >= 15 is 0 Å². The van der Waals surface area contributed by atoms with Crippen LogP contribution in [-0.4, -0.2) is 25.5 Å². The molecule has 24 heavy (non-hydrogen) atoms. The molecule has 3 aromatic rings. The highest BCUT2D eigenvalue weighted by molar-refractivity contribution is 6.28. The normalized spacial score (nSPS) is 12.3. The van der Waals surface area contributed by atoms with Crippen LogP contribution in [0.2, 0.25) is 5.28 Å². The summed E-state index contributed by atoms with van der Waals surface area (Å²) in [5.41, 5.74) is 2.02. The first-order valence-corrected chi connectivity index (χ1v) is 7.86. The van der Waals surface area contributed by atoms with Crippen molar-refractivity contribution in [3.8, 4) is 0 Å². The lowest BCUT2D eigenvalue weighted by atomic mass is 10.2. The largest absolute Gasteiger partial charge is 0.545 e. The van der Waals surface area contributed by atoms with E-state index in [0.29, 0.717) is 22.7 Å². The van der Waals surface area contributed by atoms with E-state index in [1.54, 1.807) is 18.5 Å². The number of anilines is 2. The van der Waals surface area contributed by atoms with E-state index in [1.807, 2.05) is 4.57 Å². The second-order valence-electron chi connectivity index (χ2n) is 5.41. The summed E-state index contributed by atoms with van der Waals surface area (Å²) >= 11 is 6.04. The Morgan fingerprint density at radius 3 is 2.67 bits per heavy atom. The highest BCUT2D eigenvalue weighted by Crippen LogP contribution is 2.26. The van der Waals surface area contributed by atoms with Gasteiger partial charge in [-0.1, -0.05) is 19.1 Å². The van der Waals surface area contributed by atoms with Gasteiger partial charge in [0.25, 0.3) is 0 Å². The van der Waals surface area contributed by atoms with Crippen molar-refractivity contribution < 1.29 is 9.90 Å². The number of nitrogens with one attached hydrogen (secondary N) is 1. The summed E-state index contributed by atoms with van der Waals surface area (Å²) in [6.45, 7) is 4.15. The smallest absolute Gasteiger partial charge is 0.226 e. The van der Waals surface area contributed by atoms with Gasteiger partial charge in [-0.3, -0.25) is 0 Å². The Balaban J connectivity index is 2.00. The Morgan fingerprint density at radius 2 is 2.04 bits per heavy atom. The Morgan fingerprint density at radius 1 is 1.33 bits per heavy atom. The van der Waals surface area contributed by atoms with Crippen molar-refractivity contribution >= 4 is 40.2 Å². The maximum absolute atomic E-state index is 10.8. The maximum atomic E-state index is 10.8. The zero-order valence-electron chi connectivity index (χ0n) is 13.2. The molecule has 0 bridgehead atoms. The van der Waals surface area contributed by atoms with Crippen LogP contribution in [0.15, 0.2) is 30.6 Å². The minimum absolute atomic E-state index is 0.104. The van der Waals surface area contributed by atoms with Gasteiger partial charge < -0.3 is 19.8 Å². The molecule has 0 saturated heterocycles. The van der Waals surface area contributed by atoms with E-state index in [9.17, 15) is 9.90 Å². The Hall–Kier alpha value is -2.67. The predicted octanol–water partition coefficient (Wildman–Crippen LogP) is 2.56. The molecule has 3 rings (SSSR count). The zero-order valence-corrected chi connectivity index (χ0v) is 13.9. The number of nitrogens with zero attached hydrogens (tertiary/aromatic N) is 4. The Kier molecular flexibility index (Phi) is 4.35. The van der Waals surface area contributed by atoms with Crippen molar-refractivity contribution in [2.24, 2.45) is 0 Å². The molecule has 1 atom stereocenters. The molecule has 2 aromatic heterocycles. The quantitative estimate of drug-likeness (QED) is 0.714. The number of halogens is 1. The van der Waals surface area contributed by atoms with Crippen LogP contribution < -0.4 is 10.4 Å². The number of carbonyl (C=O) groups is 1. The molecule has 7 nitrogen and oxygen atoms in total. The van der Waals surface area contributed by atoms with Gasteiger partial charge in [-0.15, -0.1) is 0 Å². The topological polar surface area (TPSA) is 95.8 Å². The minimum Gasteiger partial charge on any atom is -0.545 e. The molecule has 8 heteroatoms. The highest BCUT2D eigenvalue weighted by atomic mass is 35.5. The van der Waals surface area contributed by atoms with Crippen LogP contribution >= 0.6 is 11.6 Å². The van der Waals surface area contributed by atoms with E-state index in [4.69, 9.17) is 11.6 Å². The van der Waals surface area contributed by atoms with Gasteiger partial charge in [0.15, 0.2) is 17.0 Å². The number of hydrogen-bond acceptors (Lipinski definition) is 6. The number of rotatable bonds is 5. The van der Waals surface area contributed by atoms with Gasteiger partial charge in [0.2, 0.25) is 5.28 Å². The molecule has 0 radical (unpaired) electrons. The van der Waals surface area contributed by atoms with Crippen molar-refractivity contribution in [3.63, 3.8) is 0 Å². The minimum atomic E-state index is -1.22. The maximum Gasteiger partial charge on any atom is 0.226 e. The first kappa shape index (κ1) is 16.2. The van der Waals surface area contributed by atoms with Crippen LogP contribution in [0, 0.1) is 0 Å². The number of hydrogen-bond donors (Lipinski definition) is 1. The number of carboxylic acid groups (broad SMARTS) is 1. The third-order valence-corrected chi connectivity index (χ3v) is 4.01. The van der Waals surface area contributed by atoms with E-state index in [-0.39, 0.29) is 16.9 Å². The average molecular weight is 345 g/mol. The number of fused-ring (bicyclic) bond motifs is 1. The SMILES string of the molecule is CCC(C)n1cnc2c(Nc3ccc(C(=O)[O-])cc3)nc(Cl)nc21. The van der Waals surface area contributed by atoms with Gasteiger partial charge in [-0.2, -0.15) is 9.97 Å². The second kappa shape index (κ2) is 6.45. The first-order chi connectivity index (χ1) is 11.5. The molecule has 1 aromatic carbocycles. The summed E-state index contributed by atoms with van der Waals surface area (Å²) in [7, 11) is 0. The molecule has 0 amide bonds. The number of imidazole rings is 1. The fourth-order valence-electron chi connectivity index (χ4n) is 2.32. The van der Waals surface area contributed by atoms with E-state index in [0.717, 1.165) is 6.42 Å². The zero-order chi connectivity index (χ0) is 17.3. The lowest BCUT2D eigenvalue weighted by molar-refractivity contribution is -0.255. The molecule has 0 spiro atoms. The molecular weight excluding hydrogens is 330 g/mol. The van der Waals surface area contributed by atoms with Gasteiger partial charge in [-0.05, 0) is 42.6 Å². The van der Waals surface area contributed by atoms with E-state index in [1.165, 1.54) is 12.1 Å². The fraction of sp³-hybridized carbons (Fsp3) is 0.250. The van der Waals surface area contributed by atoms with Crippen LogP contribution in [-0.2, 0) is 0 Å². The summed E-state index contributed by atoms with van der Waals surface area (Å²) in [5, 5.41) is 14.0. The highest BCUT2D eigenvalue weighted by Gasteiger charge is 2.15. The Bertz CT molecular complexity index is 891. The molecule has 0 aliphatic carbocycles. The van der Waals surface area contributed by atoms with Crippen LogP contribution in [0.25, 0.3) is 11.2 Å². The van der Waals surface area contributed by atoms with Gasteiger partial charge >= 0.3 is 0 Å².